The third-order valence-corrected chi connectivity index (χ3v) is 11.6. The van der Waals surface area contributed by atoms with Gasteiger partial charge in [-0.2, -0.15) is 0 Å². The summed E-state index contributed by atoms with van der Waals surface area (Å²) < 4.78 is 0. The van der Waals surface area contributed by atoms with Crippen LogP contribution in [0.4, 0.5) is 0 Å². The first-order valence-corrected chi connectivity index (χ1v) is 20.7. The van der Waals surface area contributed by atoms with Crippen molar-refractivity contribution in [2.45, 2.75) is 19.4 Å². The molecule has 9 aromatic rings. The number of hydrogen-bond donors (Lipinski definition) is 0. The summed E-state index contributed by atoms with van der Waals surface area (Å²) in [5.41, 5.74) is 14.0. The van der Waals surface area contributed by atoms with Crippen molar-refractivity contribution in [3.63, 3.8) is 0 Å². The standard InChI is InChI=1S/C56H42N4/c1-2-47-53(43-22-11-5-12-23-43)59-56(45-24-13-6-14-25-45)60-54(47)44-31-27-39(28-32-44)49-36-35-38-17-15-16-26-48(38)52(49)42-29-33-46(34-30-42)55-57-50(40-18-7-3-8-19-40)37-51(58-55)41-20-9-4-10-21-41/h3-37,47,54H,2H2,1H3. The zero-order chi connectivity index (χ0) is 40.3. The van der Waals surface area contributed by atoms with Gasteiger partial charge in [0.05, 0.1) is 23.1 Å². The summed E-state index contributed by atoms with van der Waals surface area (Å²) in [5.74, 6) is 1.62. The van der Waals surface area contributed by atoms with E-state index in [0.717, 1.165) is 68.3 Å². The number of amidine groups is 1. The highest BCUT2D eigenvalue weighted by atomic mass is 15.0. The predicted octanol–water partition coefficient (Wildman–Crippen LogP) is 14.0. The minimum Gasteiger partial charge on any atom is -0.257 e. The van der Waals surface area contributed by atoms with Crippen LogP contribution >= 0.6 is 0 Å². The van der Waals surface area contributed by atoms with Crippen molar-refractivity contribution in [3.05, 3.63) is 229 Å². The van der Waals surface area contributed by atoms with Crippen LogP contribution in [0.2, 0.25) is 0 Å². The molecule has 0 aliphatic carbocycles. The fourth-order valence-corrected chi connectivity index (χ4v) is 8.49. The maximum absolute atomic E-state index is 5.36. The fraction of sp³-hybridized carbons (Fsp3) is 0.0714. The van der Waals surface area contributed by atoms with Gasteiger partial charge in [0.15, 0.2) is 11.7 Å². The van der Waals surface area contributed by atoms with Gasteiger partial charge in [0.2, 0.25) is 0 Å². The van der Waals surface area contributed by atoms with Crippen molar-refractivity contribution in [2.75, 3.05) is 0 Å². The number of rotatable bonds is 9. The highest BCUT2D eigenvalue weighted by Gasteiger charge is 2.31. The van der Waals surface area contributed by atoms with Crippen LogP contribution in [-0.4, -0.2) is 21.5 Å². The predicted molar refractivity (Wildman–Crippen MR) is 249 cm³/mol. The van der Waals surface area contributed by atoms with Gasteiger partial charge in [-0.05, 0) is 56.6 Å². The van der Waals surface area contributed by atoms with E-state index < -0.39 is 0 Å². The van der Waals surface area contributed by atoms with Crippen LogP contribution in [0.3, 0.4) is 0 Å². The minimum atomic E-state index is -0.0689. The summed E-state index contributed by atoms with van der Waals surface area (Å²) in [6, 6.07) is 74.6. The average Bonchev–Trinajstić information content (AvgIpc) is 3.34. The normalized spacial score (nSPS) is 15.0. The van der Waals surface area contributed by atoms with E-state index in [-0.39, 0.29) is 12.0 Å². The van der Waals surface area contributed by atoms with E-state index in [1.54, 1.807) is 0 Å². The molecule has 1 aromatic heterocycles. The summed E-state index contributed by atoms with van der Waals surface area (Å²) in [6.45, 7) is 2.24. The Balaban J connectivity index is 1.03. The van der Waals surface area contributed by atoms with Crippen LogP contribution in [0, 0.1) is 5.92 Å². The Hall–Kier alpha value is -7.56. The third kappa shape index (κ3) is 7.25. The average molecular weight is 771 g/mol. The first kappa shape index (κ1) is 36.8. The molecule has 1 aliphatic heterocycles. The van der Waals surface area contributed by atoms with E-state index in [2.05, 4.69) is 177 Å². The molecule has 0 amide bonds. The maximum Gasteiger partial charge on any atom is 0.160 e. The lowest BCUT2D eigenvalue weighted by Gasteiger charge is -2.30. The Bertz CT molecular complexity index is 2920. The molecule has 286 valence electrons. The first-order valence-electron chi connectivity index (χ1n) is 20.7. The first-order chi connectivity index (χ1) is 29.7. The molecule has 0 spiro atoms. The molecule has 0 radical (unpaired) electrons. The summed E-state index contributed by atoms with van der Waals surface area (Å²) in [5, 5.41) is 2.41. The van der Waals surface area contributed by atoms with Crippen LogP contribution < -0.4 is 0 Å². The van der Waals surface area contributed by atoms with Gasteiger partial charge in [-0.25, -0.2) is 15.0 Å². The van der Waals surface area contributed by atoms with Crippen LogP contribution in [0.25, 0.3) is 66.9 Å². The molecule has 0 fully saturated rings. The summed E-state index contributed by atoms with van der Waals surface area (Å²) in [4.78, 5) is 20.7. The topological polar surface area (TPSA) is 50.5 Å². The number of benzene rings is 8. The molecule has 2 unspecified atom stereocenters. The molecule has 2 heterocycles. The molecule has 1 aliphatic rings. The zero-order valence-corrected chi connectivity index (χ0v) is 33.4. The van der Waals surface area contributed by atoms with Crippen LogP contribution in [0.5, 0.6) is 0 Å². The van der Waals surface area contributed by atoms with Gasteiger partial charge in [-0.1, -0.05) is 213 Å². The van der Waals surface area contributed by atoms with Gasteiger partial charge in [0, 0.05) is 28.2 Å². The second kappa shape index (κ2) is 16.4. The van der Waals surface area contributed by atoms with E-state index >= 15 is 0 Å². The number of hydrogen-bond acceptors (Lipinski definition) is 4. The number of nitrogens with zero attached hydrogens (tertiary/aromatic N) is 4. The number of fused-ring (bicyclic) bond motifs is 1. The third-order valence-electron chi connectivity index (χ3n) is 11.6. The lowest BCUT2D eigenvalue weighted by Crippen LogP contribution is -2.28. The SMILES string of the molecule is CCC1C(c2ccccc2)=NC(c2ccccc2)=NC1c1ccc(-c2ccc3ccccc3c2-c2ccc(-c3nc(-c4ccccc4)cc(-c4ccccc4)n3)cc2)cc1. The van der Waals surface area contributed by atoms with Crippen molar-refractivity contribution in [3.8, 4) is 56.2 Å². The molecule has 0 N–H and O–H groups in total. The molecule has 0 saturated carbocycles. The summed E-state index contributed by atoms with van der Waals surface area (Å²) >= 11 is 0. The lowest BCUT2D eigenvalue weighted by atomic mass is 9.82. The van der Waals surface area contributed by atoms with Crippen molar-refractivity contribution >= 4 is 22.3 Å². The minimum absolute atomic E-state index is 0.0689. The van der Waals surface area contributed by atoms with E-state index in [1.807, 2.05) is 42.5 Å². The molecule has 10 rings (SSSR count). The summed E-state index contributed by atoms with van der Waals surface area (Å²) in [7, 11) is 0. The van der Waals surface area contributed by atoms with Crippen molar-refractivity contribution in [2.24, 2.45) is 15.9 Å². The Morgan fingerprint density at radius 2 is 0.950 bits per heavy atom. The van der Waals surface area contributed by atoms with Crippen molar-refractivity contribution in [1.29, 1.82) is 0 Å². The molecule has 0 bridgehead atoms. The fourth-order valence-electron chi connectivity index (χ4n) is 8.49. The molecule has 4 nitrogen and oxygen atoms in total. The second-order valence-corrected chi connectivity index (χ2v) is 15.2. The molecule has 2 atom stereocenters. The largest absolute Gasteiger partial charge is 0.257 e. The zero-order valence-electron chi connectivity index (χ0n) is 33.4. The molecule has 8 aromatic carbocycles. The lowest BCUT2D eigenvalue weighted by molar-refractivity contribution is 0.532. The smallest absolute Gasteiger partial charge is 0.160 e. The second-order valence-electron chi connectivity index (χ2n) is 15.2. The van der Waals surface area contributed by atoms with E-state index in [1.165, 1.54) is 27.5 Å². The van der Waals surface area contributed by atoms with E-state index in [0.29, 0.717) is 5.82 Å². The van der Waals surface area contributed by atoms with Gasteiger partial charge >= 0.3 is 0 Å². The molecular weight excluding hydrogens is 729 g/mol. The van der Waals surface area contributed by atoms with Gasteiger partial charge in [-0.15, -0.1) is 0 Å². The maximum atomic E-state index is 5.36. The Morgan fingerprint density at radius 1 is 0.433 bits per heavy atom. The summed E-state index contributed by atoms with van der Waals surface area (Å²) in [6.07, 6.45) is 0.922. The van der Waals surface area contributed by atoms with Gasteiger partial charge < -0.3 is 0 Å². The van der Waals surface area contributed by atoms with E-state index in [9.17, 15) is 0 Å². The van der Waals surface area contributed by atoms with Crippen molar-refractivity contribution < 1.29 is 0 Å². The van der Waals surface area contributed by atoms with Crippen LogP contribution in [0.15, 0.2) is 222 Å². The number of aromatic nitrogens is 2. The van der Waals surface area contributed by atoms with Gasteiger partial charge in [-0.3, -0.25) is 4.99 Å². The molecule has 0 saturated heterocycles. The monoisotopic (exact) mass is 770 g/mol. The highest BCUT2D eigenvalue weighted by molar-refractivity contribution is 6.15. The molecular formula is C56H42N4. The Kier molecular flexibility index (Phi) is 10.0. The van der Waals surface area contributed by atoms with E-state index in [4.69, 9.17) is 20.0 Å². The quantitative estimate of drug-likeness (QED) is 0.147. The molecule has 60 heavy (non-hydrogen) atoms. The van der Waals surface area contributed by atoms with Crippen LogP contribution in [-0.2, 0) is 0 Å². The Morgan fingerprint density at radius 3 is 1.55 bits per heavy atom. The van der Waals surface area contributed by atoms with Gasteiger partial charge in [0.25, 0.3) is 0 Å². The molecule has 4 heteroatoms. The van der Waals surface area contributed by atoms with Crippen LogP contribution in [0.1, 0.15) is 36.1 Å². The van der Waals surface area contributed by atoms with Gasteiger partial charge in [0.1, 0.15) is 0 Å². The number of aliphatic imine (C=N–C) groups is 2. The van der Waals surface area contributed by atoms with Crippen molar-refractivity contribution in [1.82, 2.24) is 9.97 Å². The Labute approximate surface area is 351 Å². The highest BCUT2D eigenvalue weighted by Crippen LogP contribution is 2.41.